The van der Waals surface area contributed by atoms with Gasteiger partial charge >= 0.3 is 0 Å². The van der Waals surface area contributed by atoms with E-state index >= 15 is 0 Å². The lowest BCUT2D eigenvalue weighted by Gasteiger charge is -2.20. The van der Waals surface area contributed by atoms with Crippen LogP contribution in [0.5, 0.6) is 0 Å². The van der Waals surface area contributed by atoms with Crippen molar-refractivity contribution >= 4 is 39.8 Å². The lowest BCUT2D eigenvalue weighted by molar-refractivity contribution is -0.123. The Balaban J connectivity index is 1.40. The molecule has 160 valence electrons. The minimum atomic E-state index is -0.460. The smallest absolute Gasteiger partial charge is 0.175 e. The number of thiophene rings is 2. The zero-order chi connectivity index (χ0) is 21.8. The van der Waals surface area contributed by atoms with Crippen molar-refractivity contribution in [2.75, 3.05) is 11.5 Å². The van der Waals surface area contributed by atoms with E-state index in [2.05, 4.69) is 45.7 Å². The van der Waals surface area contributed by atoms with E-state index in [4.69, 9.17) is 11.5 Å². The molecule has 4 aromatic rings. The summed E-state index contributed by atoms with van der Waals surface area (Å²) < 4.78 is 0. The van der Waals surface area contributed by atoms with E-state index in [9.17, 15) is 4.79 Å². The van der Waals surface area contributed by atoms with Gasteiger partial charge in [-0.25, -0.2) is 0 Å². The van der Waals surface area contributed by atoms with Gasteiger partial charge in [-0.1, -0.05) is 24.3 Å². The summed E-state index contributed by atoms with van der Waals surface area (Å²) in [6.45, 7) is 1.24. The van der Waals surface area contributed by atoms with Gasteiger partial charge in [0.2, 0.25) is 0 Å². The Kier molecular flexibility index (Phi) is 4.66. The predicted molar refractivity (Wildman–Crippen MR) is 133 cm³/mol. The molecular formula is C25H22N4OS2. The molecule has 6 rings (SSSR count). The van der Waals surface area contributed by atoms with Crippen LogP contribution in [0.4, 0.5) is 11.4 Å². The maximum Gasteiger partial charge on any atom is 0.175 e. The number of ketones is 1. The Morgan fingerprint density at radius 2 is 1.22 bits per heavy atom. The van der Waals surface area contributed by atoms with Crippen molar-refractivity contribution < 1.29 is 4.79 Å². The van der Waals surface area contributed by atoms with E-state index in [0.717, 1.165) is 33.4 Å². The molecule has 0 saturated carbocycles. The summed E-state index contributed by atoms with van der Waals surface area (Å²) in [5.41, 5.74) is 20.4. The first-order chi connectivity index (χ1) is 15.6. The molecule has 4 heterocycles. The number of fused-ring (bicyclic) bond motifs is 2. The molecule has 2 unspecified atom stereocenters. The highest BCUT2D eigenvalue weighted by atomic mass is 32.1. The number of carbonyl (C=O) groups excluding carboxylic acids is 1. The molecule has 2 aliphatic rings. The zero-order valence-electron chi connectivity index (χ0n) is 17.2. The highest BCUT2D eigenvalue weighted by Crippen LogP contribution is 2.44. The Morgan fingerprint density at radius 3 is 1.62 bits per heavy atom. The van der Waals surface area contributed by atoms with E-state index in [1.807, 2.05) is 24.3 Å². The number of anilines is 2. The van der Waals surface area contributed by atoms with Gasteiger partial charge in [-0.05, 0) is 57.3 Å². The number of Topliss-reactive ketones (excluding diaryl/α,β-unsaturated/α-hetero) is 1. The molecule has 2 atom stereocenters. The van der Waals surface area contributed by atoms with E-state index < -0.39 is 12.1 Å². The van der Waals surface area contributed by atoms with Gasteiger partial charge in [-0.2, -0.15) is 0 Å². The summed E-state index contributed by atoms with van der Waals surface area (Å²) in [7, 11) is 0. The molecule has 2 aliphatic heterocycles. The van der Waals surface area contributed by atoms with Gasteiger partial charge in [-0.3, -0.25) is 15.4 Å². The van der Waals surface area contributed by atoms with Crippen LogP contribution in [0.25, 0.3) is 20.9 Å². The normalized spacial score (nSPS) is 19.1. The van der Waals surface area contributed by atoms with Gasteiger partial charge in [-0.15, -0.1) is 22.7 Å². The lowest BCUT2D eigenvalue weighted by atomic mass is 9.89. The van der Waals surface area contributed by atoms with Crippen molar-refractivity contribution in [3.63, 3.8) is 0 Å². The van der Waals surface area contributed by atoms with Crippen LogP contribution in [-0.2, 0) is 17.9 Å². The summed E-state index contributed by atoms with van der Waals surface area (Å²) >= 11 is 3.39. The van der Waals surface area contributed by atoms with Crippen LogP contribution < -0.4 is 22.1 Å². The summed E-state index contributed by atoms with van der Waals surface area (Å²) in [5.74, 6) is 0.0626. The quantitative estimate of drug-likeness (QED) is 0.328. The second kappa shape index (κ2) is 7.56. The number of carbonyl (C=O) groups is 1. The van der Waals surface area contributed by atoms with Crippen molar-refractivity contribution in [2.24, 2.45) is 0 Å². The number of hydrogen-bond acceptors (Lipinski definition) is 7. The SMILES string of the molecule is Nc1ccc(-c2cccs2)c2c1C(C(=O)C1NCc3c(-c4cccs4)ccc(N)c31)NC2. The molecule has 32 heavy (non-hydrogen) atoms. The molecular weight excluding hydrogens is 436 g/mol. The first-order valence-electron chi connectivity index (χ1n) is 10.5. The largest absolute Gasteiger partial charge is 0.398 e. The molecule has 0 bridgehead atoms. The Morgan fingerprint density at radius 1 is 0.750 bits per heavy atom. The van der Waals surface area contributed by atoms with Crippen molar-refractivity contribution in [1.82, 2.24) is 10.6 Å². The minimum absolute atomic E-state index is 0.0626. The van der Waals surface area contributed by atoms with Gasteiger partial charge in [0.1, 0.15) is 0 Å². The summed E-state index contributed by atoms with van der Waals surface area (Å²) in [6, 6.07) is 15.3. The Bertz CT molecular complexity index is 1230. The number of nitrogen functional groups attached to an aromatic ring is 2. The standard InChI is InChI=1S/C25H22N4OS2/c26-17-7-5-13(19-3-1-9-31-19)15-11-28-23(21(15)17)25(30)24-22-16(12-29-24)14(6-8-18(22)27)20-4-2-10-32-20/h1-10,23-24,28-29H,11-12,26-27H2. The molecule has 6 N–H and O–H groups in total. The molecule has 7 heteroatoms. The topological polar surface area (TPSA) is 93.2 Å². The molecule has 5 nitrogen and oxygen atoms in total. The first kappa shape index (κ1) is 19.7. The Labute approximate surface area is 194 Å². The van der Waals surface area contributed by atoms with E-state index in [0.29, 0.717) is 24.5 Å². The molecule has 0 fully saturated rings. The van der Waals surface area contributed by atoms with E-state index in [1.54, 1.807) is 22.7 Å². The summed E-state index contributed by atoms with van der Waals surface area (Å²) in [5, 5.41) is 11.0. The highest BCUT2D eigenvalue weighted by molar-refractivity contribution is 7.13. The summed E-state index contributed by atoms with van der Waals surface area (Å²) in [6.07, 6.45) is 0. The van der Waals surface area contributed by atoms with Crippen LogP contribution in [0.1, 0.15) is 34.3 Å². The third-order valence-corrected chi connectivity index (χ3v) is 8.27. The number of rotatable bonds is 4. The fraction of sp³-hybridized carbons (Fsp3) is 0.160. The fourth-order valence-corrected chi connectivity index (χ4v) is 6.58. The molecule has 2 aromatic carbocycles. The third-order valence-electron chi connectivity index (χ3n) is 6.47. The number of benzene rings is 2. The van der Waals surface area contributed by atoms with E-state index in [-0.39, 0.29) is 5.78 Å². The van der Waals surface area contributed by atoms with Gasteiger partial charge < -0.3 is 11.5 Å². The fourth-order valence-electron chi connectivity index (χ4n) is 5.02. The number of hydrogen-bond donors (Lipinski definition) is 4. The molecule has 0 spiro atoms. The zero-order valence-corrected chi connectivity index (χ0v) is 18.9. The second-order valence-electron chi connectivity index (χ2n) is 8.17. The van der Waals surface area contributed by atoms with Gasteiger partial charge in [0.15, 0.2) is 5.78 Å². The maximum absolute atomic E-state index is 13.8. The molecule has 2 aromatic heterocycles. The minimum Gasteiger partial charge on any atom is -0.398 e. The molecule has 0 saturated heterocycles. The van der Waals surface area contributed by atoms with Crippen LogP contribution in [0.2, 0.25) is 0 Å². The average Bonchev–Trinajstić information content (AvgIpc) is 3.60. The van der Waals surface area contributed by atoms with Crippen molar-refractivity contribution in [2.45, 2.75) is 25.2 Å². The second-order valence-corrected chi connectivity index (χ2v) is 10.1. The monoisotopic (exact) mass is 458 g/mol. The molecule has 0 amide bonds. The Hall–Kier alpha value is -2.97. The van der Waals surface area contributed by atoms with Gasteiger partial charge in [0.05, 0.1) is 12.1 Å². The van der Waals surface area contributed by atoms with Gasteiger partial charge in [0.25, 0.3) is 0 Å². The van der Waals surface area contributed by atoms with Gasteiger partial charge in [0, 0.05) is 45.3 Å². The average molecular weight is 459 g/mol. The third kappa shape index (κ3) is 2.93. The van der Waals surface area contributed by atoms with Crippen LogP contribution in [0, 0.1) is 0 Å². The van der Waals surface area contributed by atoms with Crippen LogP contribution in [0.3, 0.4) is 0 Å². The van der Waals surface area contributed by atoms with Crippen LogP contribution in [-0.4, -0.2) is 5.78 Å². The predicted octanol–water partition coefficient (Wildman–Crippen LogP) is 4.87. The highest BCUT2D eigenvalue weighted by Gasteiger charge is 2.40. The van der Waals surface area contributed by atoms with Crippen molar-refractivity contribution in [3.05, 3.63) is 81.5 Å². The van der Waals surface area contributed by atoms with Crippen molar-refractivity contribution in [1.29, 1.82) is 0 Å². The number of nitrogens with two attached hydrogens (primary N) is 2. The first-order valence-corrected chi connectivity index (χ1v) is 12.3. The molecule has 0 radical (unpaired) electrons. The van der Waals surface area contributed by atoms with Crippen LogP contribution >= 0.6 is 22.7 Å². The van der Waals surface area contributed by atoms with E-state index in [1.165, 1.54) is 9.75 Å². The maximum atomic E-state index is 13.8. The van der Waals surface area contributed by atoms with Crippen LogP contribution in [0.15, 0.2) is 59.3 Å². The number of nitrogens with one attached hydrogen (secondary N) is 2. The molecule has 0 aliphatic carbocycles. The lowest BCUT2D eigenvalue weighted by Crippen LogP contribution is -2.32. The summed E-state index contributed by atoms with van der Waals surface area (Å²) in [4.78, 5) is 16.2. The van der Waals surface area contributed by atoms with Crippen molar-refractivity contribution in [3.8, 4) is 20.9 Å².